The van der Waals surface area contributed by atoms with E-state index in [0.29, 0.717) is 53.3 Å². The normalized spacial score (nSPS) is 50.2. The van der Waals surface area contributed by atoms with Gasteiger partial charge in [0.05, 0.1) is 12.2 Å². The van der Waals surface area contributed by atoms with Gasteiger partial charge in [-0.25, -0.2) is 0 Å². The molecule has 178 valence electrons. The number of carbonyl (C=O) groups excluding carboxylic acids is 1. The number of aliphatic hydroxyl groups is 2. The zero-order valence-corrected chi connectivity index (χ0v) is 20.6. The molecule has 4 heteroatoms. The fourth-order valence-electron chi connectivity index (χ4n) is 9.62. The minimum Gasteiger partial charge on any atom is -0.393 e. The average molecular weight is 434 g/mol. The van der Waals surface area contributed by atoms with Crippen molar-refractivity contribution in [2.45, 2.75) is 104 Å². The molecular weight excluding hydrogens is 386 g/mol. The lowest BCUT2D eigenvalue weighted by Crippen LogP contribution is -2.62. The first-order valence-corrected chi connectivity index (χ1v) is 13.2. The molecule has 0 aliphatic heterocycles. The topological polar surface area (TPSA) is 69.6 Å². The summed E-state index contributed by atoms with van der Waals surface area (Å²) < 4.78 is 0. The van der Waals surface area contributed by atoms with Gasteiger partial charge >= 0.3 is 0 Å². The summed E-state index contributed by atoms with van der Waals surface area (Å²) in [7, 11) is 1.73. The van der Waals surface area contributed by atoms with Gasteiger partial charge in [0.2, 0.25) is 5.91 Å². The van der Waals surface area contributed by atoms with Crippen LogP contribution in [0.1, 0.15) is 91.9 Å². The zero-order valence-electron chi connectivity index (χ0n) is 20.6. The molecular formula is C27H47NO3. The van der Waals surface area contributed by atoms with Crippen molar-refractivity contribution in [3.8, 4) is 0 Å². The van der Waals surface area contributed by atoms with E-state index in [9.17, 15) is 15.0 Å². The van der Waals surface area contributed by atoms with E-state index in [1.165, 1.54) is 25.7 Å². The minimum absolute atomic E-state index is 0.155. The Morgan fingerprint density at radius 1 is 1.03 bits per heavy atom. The summed E-state index contributed by atoms with van der Waals surface area (Å²) >= 11 is 0. The lowest BCUT2D eigenvalue weighted by atomic mass is 9.41. The molecule has 4 nitrogen and oxygen atoms in total. The number of aliphatic hydroxyl groups excluding tert-OH is 2. The summed E-state index contributed by atoms with van der Waals surface area (Å²) in [6.45, 7) is 9.64. The molecule has 4 aliphatic rings. The van der Waals surface area contributed by atoms with Crippen LogP contribution >= 0.6 is 0 Å². The molecule has 3 N–H and O–H groups in total. The molecule has 0 unspecified atom stereocenters. The third kappa shape index (κ3) is 3.68. The lowest BCUT2D eigenvalue weighted by molar-refractivity contribution is -0.203. The summed E-state index contributed by atoms with van der Waals surface area (Å²) in [5.74, 6) is 3.78. The molecule has 0 saturated heterocycles. The minimum atomic E-state index is -0.220. The predicted octanol–water partition coefficient (Wildman–Crippen LogP) is 4.78. The fourth-order valence-corrected chi connectivity index (χ4v) is 9.62. The molecule has 1 amide bonds. The summed E-state index contributed by atoms with van der Waals surface area (Å²) in [6, 6.07) is 0. The highest BCUT2D eigenvalue weighted by atomic mass is 16.3. The molecule has 4 fully saturated rings. The van der Waals surface area contributed by atoms with Gasteiger partial charge in [0.1, 0.15) is 0 Å². The van der Waals surface area contributed by atoms with Crippen LogP contribution in [0.2, 0.25) is 0 Å². The monoisotopic (exact) mass is 433 g/mol. The van der Waals surface area contributed by atoms with Gasteiger partial charge in [0.15, 0.2) is 0 Å². The van der Waals surface area contributed by atoms with Crippen LogP contribution in [-0.2, 0) is 4.79 Å². The Kier molecular flexibility index (Phi) is 6.55. The van der Waals surface area contributed by atoms with E-state index >= 15 is 0 Å². The van der Waals surface area contributed by atoms with E-state index in [1.54, 1.807) is 7.05 Å². The first kappa shape index (κ1) is 23.5. The third-order valence-corrected chi connectivity index (χ3v) is 11.3. The number of nitrogens with one attached hydrogen (secondary N) is 1. The molecule has 0 aromatic rings. The van der Waals surface area contributed by atoms with Crippen LogP contribution in [0.4, 0.5) is 0 Å². The van der Waals surface area contributed by atoms with E-state index in [4.69, 9.17) is 0 Å². The van der Waals surface area contributed by atoms with Gasteiger partial charge in [0, 0.05) is 13.5 Å². The van der Waals surface area contributed by atoms with Gasteiger partial charge in [-0.1, -0.05) is 34.1 Å². The Labute approximate surface area is 190 Å². The van der Waals surface area contributed by atoms with Crippen LogP contribution in [0.3, 0.4) is 0 Å². The Hall–Kier alpha value is -0.610. The second kappa shape index (κ2) is 8.63. The molecule has 0 aromatic heterocycles. The molecule has 4 rings (SSSR count). The quantitative estimate of drug-likeness (QED) is 0.585. The maximum atomic E-state index is 11.8. The summed E-state index contributed by atoms with van der Waals surface area (Å²) in [5.41, 5.74) is 0.563. The van der Waals surface area contributed by atoms with Crippen molar-refractivity contribution in [1.82, 2.24) is 5.32 Å². The van der Waals surface area contributed by atoms with Crippen LogP contribution < -0.4 is 5.32 Å². The Morgan fingerprint density at radius 3 is 2.39 bits per heavy atom. The number of amides is 1. The SMILES string of the molecule is CC[C@@H]1[C@H](O)[C@H]2[C@@H](CC[C@]3(C)[C@@H]2CC[C@H]3[C@@H](C)CCC(=O)NC)[C@]2(C)CC[C@H](O)C[C@H]12. The number of hydrogen-bond acceptors (Lipinski definition) is 3. The van der Waals surface area contributed by atoms with E-state index < -0.39 is 0 Å². The number of rotatable bonds is 5. The van der Waals surface area contributed by atoms with E-state index in [-0.39, 0.29) is 23.5 Å². The molecule has 0 radical (unpaired) electrons. The molecule has 4 saturated carbocycles. The molecule has 31 heavy (non-hydrogen) atoms. The fraction of sp³-hybridized carbons (Fsp3) is 0.963. The van der Waals surface area contributed by atoms with Gasteiger partial charge in [-0.2, -0.15) is 0 Å². The van der Waals surface area contributed by atoms with Crippen LogP contribution in [0.25, 0.3) is 0 Å². The van der Waals surface area contributed by atoms with Crippen molar-refractivity contribution in [2.75, 3.05) is 7.05 Å². The molecule has 11 atom stereocenters. The van der Waals surface area contributed by atoms with Crippen LogP contribution in [-0.4, -0.2) is 35.4 Å². The third-order valence-electron chi connectivity index (χ3n) is 11.3. The van der Waals surface area contributed by atoms with Crippen molar-refractivity contribution in [3.63, 3.8) is 0 Å². The summed E-state index contributed by atoms with van der Waals surface area (Å²) in [4.78, 5) is 11.8. The second-order valence-corrected chi connectivity index (χ2v) is 12.3. The van der Waals surface area contributed by atoms with Crippen LogP contribution in [0.5, 0.6) is 0 Å². The van der Waals surface area contributed by atoms with Crippen molar-refractivity contribution in [3.05, 3.63) is 0 Å². The van der Waals surface area contributed by atoms with E-state index in [1.807, 2.05) is 0 Å². The molecule has 0 bridgehead atoms. The predicted molar refractivity (Wildman–Crippen MR) is 124 cm³/mol. The smallest absolute Gasteiger partial charge is 0.219 e. The molecule has 4 aliphatic carbocycles. The zero-order chi connectivity index (χ0) is 22.6. The van der Waals surface area contributed by atoms with Crippen molar-refractivity contribution in [2.24, 2.45) is 52.3 Å². The van der Waals surface area contributed by atoms with Gasteiger partial charge in [-0.15, -0.1) is 0 Å². The summed E-state index contributed by atoms with van der Waals surface area (Å²) in [6.07, 6.45) is 10.2. The summed E-state index contributed by atoms with van der Waals surface area (Å²) in [5, 5.41) is 25.0. The Morgan fingerprint density at radius 2 is 1.71 bits per heavy atom. The number of carbonyl (C=O) groups is 1. The van der Waals surface area contributed by atoms with Gasteiger partial charge < -0.3 is 15.5 Å². The van der Waals surface area contributed by atoms with Crippen molar-refractivity contribution >= 4 is 5.91 Å². The first-order valence-electron chi connectivity index (χ1n) is 13.2. The Bertz CT molecular complexity index is 667. The highest BCUT2D eigenvalue weighted by Crippen LogP contribution is 2.69. The molecule has 0 spiro atoms. The maximum Gasteiger partial charge on any atom is 0.219 e. The van der Waals surface area contributed by atoms with Gasteiger partial charge in [-0.05, 0) is 104 Å². The number of fused-ring (bicyclic) bond motifs is 5. The van der Waals surface area contributed by atoms with E-state index in [2.05, 4.69) is 33.0 Å². The molecule has 0 heterocycles. The average Bonchev–Trinajstić information content (AvgIpc) is 3.10. The van der Waals surface area contributed by atoms with Gasteiger partial charge in [0.25, 0.3) is 0 Å². The van der Waals surface area contributed by atoms with Gasteiger partial charge in [-0.3, -0.25) is 4.79 Å². The lowest BCUT2D eigenvalue weighted by Gasteiger charge is -2.64. The second-order valence-electron chi connectivity index (χ2n) is 12.3. The van der Waals surface area contributed by atoms with E-state index in [0.717, 1.165) is 32.1 Å². The highest BCUT2D eigenvalue weighted by Gasteiger charge is 2.64. The standard InChI is InChI=1S/C27H47NO3/c1-6-18-22-15-17(29)11-13-27(22,4)21-12-14-26(3)19(16(2)7-10-23(30)28-5)8-9-20(26)24(21)25(18)31/h16-22,24-25,29,31H,6-15H2,1-5H3,(H,28,30)/t16-,17-,18-,19-,20+,21+,22+,24+,25-,26-,27-/m0/s1. The largest absolute Gasteiger partial charge is 0.393 e. The number of hydrogen-bond donors (Lipinski definition) is 3. The highest BCUT2D eigenvalue weighted by molar-refractivity contribution is 5.75. The maximum absolute atomic E-state index is 11.8. The van der Waals surface area contributed by atoms with Crippen molar-refractivity contribution < 1.29 is 15.0 Å². The van der Waals surface area contributed by atoms with Crippen LogP contribution in [0, 0.1) is 52.3 Å². The molecule has 0 aromatic carbocycles. The Balaban J connectivity index is 1.58. The first-order chi connectivity index (χ1) is 14.7. The van der Waals surface area contributed by atoms with Crippen molar-refractivity contribution in [1.29, 1.82) is 0 Å². The van der Waals surface area contributed by atoms with Crippen LogP contribution in [0.15, 0.2) is 0 Å².